The number of hydrogen-bond donors (Lipinski definition) is 1. The average molecular weight is 311 g/mol. The number of rotatable bonds is 7. The summed E-state index contributed by atoms with van der Waals surface area (Å²) in [6.07, 6.45) is 0.239. The van der Waals surface area contributed by atoms with Gasteiger partial charge in [-0.05, 0) is 17.7 Å². The number of esters is 1. The minimum absolute atomic E-state index is 0.239. The van der Waals surface area contributed by atoms with Crippen LogP contribution in [0.4, 0.5) is 0 Å². The summed E-state index contributed by atoms with van der Waals surface area (Å²) in [6.45, 7) is 1.34. The van der Waals surface area contributed by atoms with Crippen LogP contribution in [0.3, 0.4) is 0 Å². The van der Waals surface area contributed by atoms with Gasteiger partial charge in [0.1, 0.15) is 6.04 Å². The van der Waals surface area contributed by atoms with E-state index in [9.17, 15) is 9.59 Å². The minimum Gasteiger partial charge on any atom is -0.493 e. The van der Waals surface area contributed by atoms with E-state index < -0.39 is 12.0 Å². The van der Waals surface area contributed by atoms with Gasteiger partial charge in [0, 0.05) is 13.3 Å². The van der Waals surface area contributed by atoms with E-state index in [2.05, 4.69) is 5.32 Å². The van der Waals surface area contributed by atoms with Crippen LogP contribution in [0.25, 0.3) is 0 Å². The lowest BCUT2D eigenvalue weighted by atomic mass is 10.0. The van der Waals surface area contributed by atoms with E-state index in [4.69, 9.17) is 18.9 Å². The highest BCUT2D eigenvalue weighted by molar-refractivity contribution is 5.83. The Morgan fingerprint density at radius 2 is 1.59 bits per heavy atom. The summed E-state index contributed by atoms with van der Waals surface area (Å²) < 4.78 is 20.5. The van der Waals surface area contributed by atoms with Crippen molar-refractivity contribution in [1.29, 1.82) is 0 Å². The molecule has 1 rings (SSSR count). The third-order valence-corrected chi connectivity index (χ3v) is 3.03. The van der Waals surface area contributed by atoms with Gasteiger partial charge in [-0.1, -0.05) is 0 Å². The van der Waals surface area contributed by atoms with Gasteiger partial charge in [-0.2, -0.15) is 0 Å². The predicted octanol–water partition coefficient (Wildman–Crippen LogP) is 0.933. The normalized spacial score (nSPS) is 11.3. The number of carbonyl (C=O) groups is 2. The molecule has 0 saturated heterocycles. The van der Waals surface area contributed by atoms with Crippen LogP contribution in [0.5, 0.6) is 17.2 Å². The molecule has 0 saturated carbocycles. The van der Waals surface area contributed by atoms with Gasteiger partial charge in [0.15, 0.2) is 11.5 Å². The molecule has 1 N–H and O–H groups in total. The fraction of sp³-hybridized carbons (Fsp3) is 0.467. The van der Waals surface area contributed by atoms with Gasteiger partial charge in [0.2, 0.25) is 11.7 Å². The van der Waals surface area contributed by atoms with Gasteiger partial charge < -0.3 is 24.3 Å². The molecule has 0 aromatic heterocycles. The minimum atomic E-state index is -0.787. The Balaban J connectivity index is 3.13. The van der Waals surface area contributed by atoms with Gasteiger partial charge in [-0.3, -0.25) is 4.79 Å². The SMILES string of the molecule is COC(=O)[C@H](Cc1cc(OC)c(OC)c(OC)c1)NC(C)=O. The zero-order chi connectivity index (χ0) is 16.7. The maximum absolute atomic E-state index is 11.8. The number of ether oxygens (including phenoxy) is 4. The number of methoxy groups -OCH3 is 4. The molecule has 122 valence electrons. The van der Waals surface area contributed by atoms with Gasteiger partial charge in [0.25, 0.3) is 0 Å². The van der Waals surface area contributed by atoms with Gasteiger partial charge in [-0.25, -0.2) is 4.79 Å². The molecule has 0 heterocycles. The summed E-state index contributed by atoms with van der Waals surface area (Å²) in [5.41, 5.74) is 0.735. The van der Waals surface area contributed by atoms with Crippen LogP contribution in [-0.2, 0) is 20.7 Å². The van der Waals surface area contributed by atoms with E-state index in [0.29, 0.717) is 17.2 Å². The molecule has 0 radical (unpaired) electrons. The first-order chi connectivity index (χ1) is 10.5. The third-order valence-electron chi connectivity index (χ3n) is 3.03. The molecule has 0 aliphatic heterocycles. The van der Waals surface area contributed by atoms with Gasteiger partial charge in [0.05, 0.1) is 28.4 Å². The number of carbonyl (C=O) groups excluding carboxylic acids is 2. The summed E-state index contributed by atoms with van der Waals surface area (Å²) >= 11 is 0. The van der Waals surface area contributed by atoms with Crippen LogP contribution in [0.2, 0.25) is 0 Å². The Labute approximate surface area is 129 Å². The first-order valence-corrected chi connectivity index (χ1v) is 6.60. The van der Waals surface area contributed by atoms with Crippen LogP contribution in [0.1, 0.15) is 12.5 Å². The standard InChI is InChI=1S/C15H21NO6/c1-9(17)16-11(15(18)22-5)6-10-7-12(19-2)14(21-4)13(8-10)20-3/h7-8,11H,6H2,1-5H3,(H,16,17)/t11-/m0/s1. The zero-order valence-electron chi connectivity index (χ0n) is 13.4. The van der Waals surface area contributed by atoms with E-state index in [1.54, 1.807) is 12.1 Å². The molecular formula is C15H21NO6. The number of amides is 1. The molecule has 1 atom stereocenters. The van der Waals surface area contributed by atoms with Crippen molar-refractivity contribution in [3.63, 3.8) is 0 Å². The van der Waals surface area contributed by atoms with E-state index >= 15 is 0 Å². The Morgan fingerprint density at radius 3 is 1.95 bits per heavy atom. The van der Waals surface area contributed by atoms with Gasteiger partial charge >= 0.3 is 5.97 Å². The molecule has 0 aliphatic carbocycles. The molecule has 7 nitrogen and oxygen atoms in total. The summed E-state index contributed by atoms with van der Waals surface area (Å²) in [5.74, 6) is 0.571. The molecule has 0 unspecified atom stereocenters. The van der Waals surface area contributed by atoms with Crippen molar-refractivity contribution in [2.75, 3.05) is 28.4 Å². The molecule has 0 bridgehead atoms. The van der Waals surface area contributed by atoms with E-state index in [1.807, 2.05) is 0 Å². The number of nitrogens with one attached hydrogen (secondary N) is 1. The largest absolute Gasteiger partial charge is 0.493 e. The lowest BCUT2D eigenvalue weighted by molar-refractivity contribution is -0.144. The fourth-order valence-corrected chi connectivity index (χ4v) is 2.07. The quantitative estimate of drug-likeness (QED) is 0.754. The smallest absolute Gasteiger partial charge is 0.328 e. The molecule has 7 heteroatoms. The second-order valence-electron chi connectivity index (χ2n) is 4.51. The van der Waals surface area contributed by atoms with Crippen molar-refractivity contribution in [3.05, 3.63) is 17.7 Å². The van der Waals surface area contributed by atoms with Crippen LogP contribution in [-0.4, -0.2) is 46.4 Å². The first kappa shape index (κ1) is 17.6. The summed E-state index contributed by atoms with van der Waals surface area (Å²) in [5, 5.41) is 2.56. The Morgan fingerprint density at radius 1 is 1.05 bits per heavy atom. The van der Waals surface area contributed by atoms with Crippen molar-refractivity contribution in [2.24, 2.45) is 0 Å². The lowest BCUT2D eigenvalue weighted by Gasteiger charge is -2.18. The Hall–Kier alpha value is -2.44. The lowest BCUT2D eigenvalue weighted by Crippen LogP contribution is -2.42. The summed E-state index contributed by atoms with van der Waals surface area (Å²) in [7, 11) is 5.79. The second-order valence-corrected chi connectivity index (χ2v) is 4.51. The van der Waals surface area contributed by atoms with Crippen LogP contribution >= 0.6 is 0 Å². The van der Waals surface area contributed by atoms with E-state index in [0.717, 1.165) is 5.56 Å². The van der Waals surface area contributed by atoms with Crippen molar-refractivity contribution in [1.82, 2.24) is 5.32 Å². The molecule has 0 aliphatic rings. The molecule has 1 aromatic carbocycles. The highest BCUT2D eigenvalue weighted by atomic mass is 16.5. The second kappa shape index (κ2) is 8.11. The topological polar surface area (TPSA) is 83.1 Å². The van der Waals surface area contributed by atoms with Gasteiger partial charge in [-0.15, -0.1) is 0 Å². The monoisotopic (exact) mass is 311 g/mol. The Bertz CT molecular complexity index is 518. The zero-order valence-corrected chi connectivity index (χ0v) is 13.4. The van der Waals surface area contributed by atoms with Crippen molar-refractivity contribution in [2.45, 2.75) is 19.4 Å². The fourth-order valence-electron chi connectivity index (χ4n) is 2.07. The maximum Gasteiger partial charge on any atom is 0.328 e. The first-order valence-electron chi connectivity index (χ1n) is 6.60. The van der Waals surface area contributed by atoms with Crippen LogP contribution in [0, 0.1) is 0 Å². The van der Waals surface area contributed by atoms with Crippen molar-refractivity contribution < 1.29 is 28.5 Å². The van der Waals surface area contributed by atoms with Crippen LogP contribution < -0.4 is 19.5 Å². The summed E-state index contributed by atoms with van der Waals surface area (Å²) in [6, 6.07) is 2.66. The highest BCUT2D eigenvalue weighted by Gasteiger charge is 2.22. The molecule has 0 fully saturated rings. The predicted molar refractivity (Wildman–Crippen MR) is 79.4 cm³/mol. The highest BCUT2D eigenvalue weighted by Crippen LogP contribution is 2.38. The van der Waals surface area contributed by atoms with Crippen molar-refractivity contribution >= 4 is 11.9 Å². The molecule has 1 aromatic rings. The molecule has 22 heavy (non-hydrogen) atoms. The third kappa shape index (κ3) is 4.28. The van der Waals surface area contributed by atoms with Crippen LogP contribution in [0.15, 0.2) is 12.1 Å². The Kier molecular flexibility index (Phi) is 6.49. The maximum atomic E-state index is 11.8. The molecule has 1 amide bonds. The van der Waals surface area contributed by atoms with Crippen molar-refractivity contribution in [3.8, 4) is 17.2 Å². The molecule has 0 spiro atoms. The number of benzene rings is 1. The average Bonchev–Trinajstić information content (AvgIpc) is 2.51. The number of hydrogen-bond acceptors (Lipinski definition) is 6. The summed E-state index contributed by atoms with van der Waals surface area (Å²) in [4.78, 5) is 23.0. The van der Waals surface area contributed by atoms with E-state index in [-0.39, 0.29) is 12.3 Å². The van der Waals surface area contributed by atoms with E-state index in [1.165, 1.54) is 35.4 Å². The molecular weight excluding hydrogens is 290 g/mol.